The number of primary amides is 1. The number of rotatable bonds is 6. The van der Waals surface area contributed by atoms with Gasteiger partial charge in [0.1, 0.15) is 5.57 Å². The Bertz CT molecular complexity index is 212. The van der Waals surface area contributed by atoms with E-state index in [1.165, 1.54) is 0 Å². The first-order chi connectivity index (χ1) is 6.09. The quantitative estimate of drug-likeness (QED) is 0.190. The van der Waals surface area contributed by atoms with Gasteiger partial charge in [0.05, 0.1) is 6.61 Å². The van der Waals surface area contributed by atoms with Crippen molar-refractivity contribution in [2.75, 3.05) is 13.2 Å². The van der Waals surface area contributed by atoms with Gasteiger partial charge >= 0.3 is 5.97 Å². The second-order valence-corrected chi connectivity index (χ2v) is 2.41. The third-order valence-electron chi connectivity index (χ3n) is 1.33. The van der Waals surface area contributed by atoms with Crippen LogP contribution in [0, 0.1) is 0 Å². The van der Waals surface area contributed by atoms with Crippen molar-refractivity contribution < 1.29 is 19.4 Å². The summed E-state index contributed by atoms with van der Waals surface area (Å²) in [6.45, 7) is 3.36. The van der Waals surface area contributed by atoms with Crippen molar-refractivity contribution in [3.05, 3.63) is 12.2 Å². The molecular formula is C8H13NO4. The number of hydrogen-bond donors (Lipinski definition) is 2. The maximum absolute atomic E-state index is 10.9. The van der Waals surface area contributed by atoms with Crippen LogP contribution >= 0.6 is 0 Å². The number of amides is 1. The van der Waals surface area contributed by atoms with Crippen LogP contribution in [0.3, 0.4) is 0 Å². The Hall–Kier alpha value is -1.36. The SMILES string of the molecule is C=C(C(N)=O)C(=O)OCCCCO. The number of unbranched alkanes of at least 4 members (excludes halogenated alkanes) is 1. The van der Waals surface area contributed by atoms with Crippen molar-refractivity contribution in [2.45, 2.75) is 12.8 Å². The van der Waals surface area contributed by atoms with Gasteiger partial charge in [0.2, 0.25) is 0 Å². The molecule has 0 saturated heterocycles. The standard InChI is InChI=1S/C8H13NO4/c1-6(7(9)11)8(12)13-5-3-2-4-10/h10H,1-5H2,(H2,9,11). The number of ether oxygens (including phenoxy) is 1. The van der Waals surface area contributed by atoms with Crippen molar-refractivity contribution in [1.29, 1.82) is 0 Å². The molecule has 0 spiro atoms. The monoisotopic (exact) mass is 187 g/mol. The van der Waals surface area contributed by atoms with Crippen LogP contribution in [0.25, 0.3) is 0 Å². The summed E-state index contributed by atoms with van der Waals surface area (Å²) in [6, 6.07) is 0. The molecule has 0 aromatic carbocycles. The van der Waals surface area contributed by atoms with Gasteiger partial charge in [-0.2, -0.15) is 0 Å². The highest BCUT2D eigenvalue weighted by Gasteiger charge is 2.12. The number of carbonyl (C=O) groups is 2. The first-order valence-corrected chi connectivity index (χ1v) is 3.86. The number of nitrogens with two attached hydrogens (primary N) is 1. The minimum absolute atomic E-state index is 0.0499. The summed E-state index contributed by atoms with van der Waals surface area (Å²) < 4.78 is 4.62. The zero-order valence-corrected chi connectivity index (χ0v) is 7.28. The van der Waals surface area contributed by atoms with E-state index in [4.69, 9.17) is 10.8 Å². The minimum atomic E-state index is -0.882. The van der Waals surface area contributed by atoms with Gasteiger partial charge in [-0.3, -0.25) is 4.79 Å². The highest BCUT2D eigenvalue weighted by molar-refractivity contribution is 6.15. The lowest BCUT2D eigenvalue weighted by Crippen LogP contribution is -2.21. The number of hydrogen-bond acceptors (Lipinski definition) is 4. The molecule has 0 aliphatic carbocycles. The molecule has 0 fully saturated rings. The van der Waals surface area contributed by atoms with Crippen molar-refractivity contribution in [3.8, 4) is 0 Å². The van der Waals surface area contributed by atoms with E-state index in [1.54, 1.807) is 0 Å². The fraction of sp³-hybridized carbons (Fsp3) is 0.500. The lowest BCUT2D eigenvalue weighted by Gasteiger charge is -2.03. The molecule has 5 heteroatoms. The molecule has 74 valence electrons. The second-order valence-electron chi connectivity index (χ2n) is 2.41. The molecule has 0 bridgehead atoms. The molecule has 0 atom stereocenters. The van der Waals surface area contributed by atoms with Gasteiger partial charge < -0.3 is 15.6 Å². The van der Waals surface area contributed by atoms with Crippen LogP contribution in [0.4, 0.5) is 0 Å². The van der Waals surface area contributed by atoms with Crippen molar-refractivity contribution in [1.82, 2.24) is 0 Å². The van der Waals surface area contributed by atoms with E-state index in [9.17, 15) is 9.59 Å². The second kappa shape index (κ2) is 6.19. The molecule has 0 rings (SSSR count). The zero-order chi connectivity index (χ0) is 10.3. The van der Waals surface area contributed by atoms with Gasteiger partial charge in [-0.05, 0) is 12.8 Å². The van der Waals surface area contributed by atoms with Crippen LogP contribution in [0.15, 0.2) is 12.2 Å². The van der Waals surface area contributed by atoms with Crippen LogP contribution in [0.2, 0.25) is 0 Å². The molecule has 0 aliphatic heterocycles. The van der Waals surface area contributed by atoms with E-state index in [-0.39, 0.29) is 18.8 Å². The average molecular weight is 187 g/mol. The van der Waals surface area contributed by atoms with E-state index >= 15 is 0 Å². The topological polar surface area (TPSA) is 89.6 Å². The van der Waals surface area contributed by atoms with Gasteiger partial charge in [-0.15, -0.1) is 0 Å². The largest absolute Gasteiger partial charge is 0.462 e. The Kier molecular flexibility index (Phi) is 5.54. The van der Waals surface area contributed by atoms with Crippen molar-refractivity contribution >= 4 is 11.9 Å². The van der Waals surface area contributed by atoms with Crippen LogP contribution in [-0.4, -0.2) is 30.2 Å². The van der Waals surface area contributed by atoms with Gasteiger partial charge in [0.25, 0.3) is 5.91 Å². The van der Waals surface area contributed by atoms with Crippen LogP contribution in [0.1, 0.15) is 12.8 Å². The van der Waals surface area contributed by atoms with Gasteiger partial charge in [-0.25, -0.2) is 4.79 Å². The predicted molar refractivity (Wildman–Crippen MR) is 45.6 cm³/mol. The summed E-state index contributed by atoms with van der Waals surface area (Å²) in [5.41, 5.74) is 4.43. The summed E-state index contributed by atoms with van der Waals surface area (Å²) in [6.07, 6.45) is 1.10. The maximum atomic E-state index is 10.9. The minimum Gasteiger partial charge on any atom is -0.462 e. The highest BCUT2D eigenvalue weighted by Crippen LogP contribution is 1.95. The summed E-state index contributed by atoms with van der Waals surface area (Å²) in [7, 11) is 0. The predicted octanol–water partition coefficient (Wildman–Crippen LogP) is -0.656. The van der Waals surface area contributed by atoms with Crippen LogP contribution in [0.5, 0.6) is 0 Å². The fourth-order valence-corrected chi connectivity index (χ4v) is 0.566. The molecule has 13 heavy (non-hydrogen) atoms. The number of aliphatic hydroxyl groups is 1. The van der Waals surface area contributed by atoms with Crippen molar-refractivity contribution in [2.24, 2.45) is 5.73 Å². The number of aliphatic hydroxyl groups excluding tert-OH is 1. The Morgan fingerprint density at radius 3 is 2.46 bits per heavy atom. The first kappa shape index (κ1) is 11.6. The van der Waals surface area contributed by atoms with E-state index in [2.05, 4.69) is 11.3 Å². The molecule has 0 aromatic heterocycles. The third kappa shape index (κ3) is 4.97. The molecule has 0 saturated carbocycles. The molecule has 0 aliphatic rings. The molecule has 3 N–H and O–H groups in total. The van der Waals surface area contributed by atoms with E-state index in [0.29, 0.717) is 12.8 Å². The van der Waals surface area contributed by atoms with E-state index in [1.807, 2.05) is 0 Å². The van der Waals surface area contributed by atoms with Gasteiger partial charge in [0, 0.05) is 6.61 Å². The van der Waals surface area contributed by atoms with E-state index < -0.39 is 11.9 Å². The van der Waals surface area contributed by atoms with Crippen molar-refractivity contribution in [3.63, 3.8) is 0 Å². The summed E-state index contributed by atoms with van der Waals surface area (Å²) >= 11 is 0. The Morgan fingerprint density at radius 2 is 2.00 bits per heavy atom. The first-order valence-electron chi connectivity index (χ1n) is 3.86. The summed E-state index contributed by atoms with van der Waals surface area (Å²) in [5, 5.41) is 8.40. The van der Waals surface area contributed by atoms with Crippen LogP contribution in [-0.2, 0) is 14.3 Å². The average Bonchev–Trinajstić information content (AvgIpc) is 2.10. The number of esters is 1. The molecular weight excluding hydrogens is 174 g/mol. The van der Waals surface area contributed by atoms with Gasteiger partial charge in [-0.1, -0.05) is 6.58 Å². The molecule has 0 unspecified atom stereocenters. The van der Waals surface area contributed by atoms with Crippen LogP contribution < -0.4 is 5.73 Å². The molecule has 0 heterocycles. The van der Waals surface area contributed by atoms with Gasteiger partial charge in [0.15, 0.2) is 0 Å². The normalized spacial score (nSPS) is 9.31. The molecule has 5 nitrogen and oxygen atoms in total. The fourth-order valence-electron chi connectivity index (χ4n) is 0.566. The Labute approximate surface area is 76.2 Å². The molecule has 1 amide bonds. The lowest BCUT2D eigenvalue weighted by molar-refractivity contribution is -0.140. The maximum Gasteiger partial charge on any atom is 0.343 e. The zero-order valence-electron chi connectivity index (χ0n) is 7.28. The summed E-state index contributed by atoms with van der Waals surface area (Å²) in [4.78, 5) is 21.3. The molecule has 0 radical (unpaired) electrons. The third-order valence-corrected chi connectivity index (χ3v) is 1.33. The number of carbonyl (C=O) groups excluding carboxylic acids is 2. The Morgan fingerprint density at radius 1 is 1.38 bits per heavy atom. The van der Waals surface area contributed by atoms with E-state index in [0.717, 1.165) is 0 Å². The smallest absolute Gasteiger partial charge is 0.343 e. The summed E-state index contributed by atoms with van der Waals surface area (Å²) in [5.74, 6) is -1.68. The molecule has 0 aromatic rings. The highest BCUT2D eigenvalue weighted by atomic mass is 16.5. The Balaban J connectivity index is 3.63. The lowest BCUT2D eigenvalue weighted by atomic mass is 10.3.